The molecule has 1 saturated carbocycles. The lowest BCUT2D eigenvalue weighted by atomic mass is 9.79. The number of hydrogen-bond acceptors (Lipinski definition) is 6. The van der Waals surface area contributed by atoms with Crippen molar-refractivity contribution in [3.8, 4) is 0 Å². The number of carboxylic acids is 1. The highest BCUT2D eigenvalue weighted by molar-refractivity contribution is 7.90. The van der Waals surface area contributed by atoms with Gasteiger partial charge in [-0.2, -0.15) is 13.2 Å². The first kappa shape index (κ1) is 23.0. The molecule has 170 valence electrons. The number of hydrogen-bond donors (Lipinski definition) is 2. The van der Waals surface area contributed by atoms with Crippen molar-refractivity contribution in [3.63, 3.8) is 0 Å². The van der Waals surface area contributed by atoms with Crippen molar-refractivity contribution in [2.45, 2.75) is 49.3 Å². The minimum atomic E-state index is -5.08. The van der Waals surface area contributed by atoms with E-state index in [1.165, 1.54) is 5.56 Å². The standard InChI is InChI=1S/C16H24N2O4S.C2HF3O2/c19-23(20,15-1-2-15)17-6-3-14-5-8-22-16(14)11-18(12-16)9-13-4-7-21-10-13;3-2(4,5)1(6)7/h4,7,10,14-15,17H,1-3,5-6,8-9,11-12H2;(H,6,7). The minimum Gasteiger partial charge on any atom is -0.475 e. The highest BCUT2D eigenvalue weighted by Crippen LogP contribution is 2.42. The fourth-order valence-electron chi connectivity index (χ4n) is 3.88. The Hall–Kier alpha value is -1.63. The van der Waals surface area contributed by atoms with Gasteiger partial charge in [-0.3, -0.25) is 4.90 Å². The van der Waals surface area contributed by atoms with Crippen molar-refractivity contribution >= 4 is 16.0 Å². The number of nitrogens with one attached hydrogen (secondary N) is 1. The van der Waals surface area contributed by atoms with E-state index in [0.29, 0.717) is 12.5 Å². The summed E-state index contributed by atoms with van der Waals surface area (Å²) in [6.07, 6.45) is 1.93. The van der Waals surface area contributed by atoms with Gasteiger partial charge in [0, 0.05) is 38.3 Å². The Morgan fingerprint density at radius 2 is 1.97 bits per heavy atom. The van der Waals surface area contributed by atoms with Crippen molar-refractivity contribution in [1.29, 1.82) is 0 Å². The summed E-state index contributed by atoms with van der Waals surface area (Å²) in [6.45, 7) is 4.08. The molecule has 0 bridgehead atoms. The highest BCUT2D eigenvalue weighted by atomic mass is 32.2. The van der Waals surface area contributed by atoms with Crippen molar-refractivity contribution in [3.05, 3.63) is 24.2 Å². The third-order valence-electron chi connectivity index (χ3n) is 5.57. The Kier molecular flexibility index (Phi) is 6.80. The number of carboxylic acid groups (broad SMARTS) is 1. The summed E-state index contributed by atoms with van der Waals surface area (Å²) in [5.41, 5.74) is 1.13. The van der Waals surface area contributed by atoms with E-state index in [1.54, 1.807) is 12.5 Å². The molecule has 3 heterocycles. The minimum absolute atomic E-state index is 0.0608. The second-order valence-corrected chi connectivity index (χ2v) is 9.95. The summed E-state index contributed by atoms with van der Waals surface area (Å²) >= 11 is 0. The zero-order valence-corrected chi connectivity index (χ0v) is 17.0. The molecule has 30 heavy (non-hydrogen) atoms. The van der Waals surface area contributed by atoms with Crippen LogP contribution in [-0.2, 0) is 26.1 Å². The predicted octanol–water partition coefficient (Wildman–Crippen LogP) is 1.98. The Morgan fingerprint density at radius 1 is 1.30 bits per heavy atom. The molecule has 1 aromatic heterocycles. The summed E-state index contributed by atoms with van der Waals surface area (Å²) in [5, 5.41) is 6.99. The molecule has 3 aliphatic rings. The molecule has 8 nitrogen and oxygen atoms in total. The second-order valence-electron chi connectivity index (χ2n) is 7.91. The molecular weight excluding hydrogens is 429 g/mol. The SMILES string of the molecule is O=C(O)C(F)(F)F.O=S(=O)(NCCC1CCOC12CN(Cc1ccoc1)C2)C1CC1. The Bertz CT molecular complexity index is 817. The van der Waals surface area contributed by atoms with E-state index >= 15 is 0 Å². The summed E-state index contributed by atoms with van der Waals surface area (Å²) in [7, 11) is -3.06. The van der Waals surface area contributed by atoms with Gasteiger partial charge in [-0.1, -0.05) is 0 Å². The van der Waals surface area contributed by atoms with Crippen molar-refractivity contribution in [1.82, 2.24) is 9.62 Å². The van der Waals surface area contributed by atoms with E-state index in [9.17, 15) is 21.6 Å². The summed E-state index contributed by atoms with van der Waals surface area (Å²) < 4.78 is 69.4. The fraction of sp³-hybridized carbons (Fsp3) is 0.722. The van der Waals surface area contributed by atoms with Crippen LogP contribution in [0.5, 0.6) is 0 Å². The first-order valence-corrected chi connectivity index (χ1v) is 11.2. The first-order chi connectivity index (χ1) is 14.0. The molecule has 0 amide bonds. The quantitative estimate of drug-likeness (QED) is 0.648. The van der Waals surface area contributed by atoms with Gasteiger partial charge in [0.25, 0.3) is 0 Å². The number of rotatable bonds is 7. The van der Waals surface area contributed by atoms with Gasteiger partial charge in [0.1, 0.15) is 0 Å². The highest BCUT2D eigenvalue weighted by Gasteiger charge is 2.52. The average Bonchev–Trinajstić information content (AvgIpc) is 3.23. The third-order valence-corrected chi connectivity index (χ3v) is 7.53. The smallest absolute Gasteiger partial charge is 0.475 e. The zero-order valence-electron chi connectivity index (χ0n) is 16.2. The van der Waals surface area contributed by atoms with Crippen LogP contribution in [0.1, 0.15) is 31.2 Å². The van der Waals surface area contributed by atoms with Gasteiger partial charge in [0.15, 0.2) is 0 Å². The number of likely N-dealkylation sites (tertiary alicyclic amines) is 1. The predicted molar refractivity (Wildman–Crippen MR) is 99.0 cm³/mol. The molecule has 1 unspecified atom stereocenters. The molecule has 3 fully saturated rings. The maximum absolute atomic E-state index is 11.9. The van der Waals surface area contributed by atoms with Gasteiger partial charge in [-0.05, 0) is 37.7 Å². The van der Waals surface area contributed by atoms with Crippen LogP contribution in [0.25, 0.3) is 0 Å². The van der Waals surface area contributed by atoms with Gasteiger partial charge in [-0.15, -0.1) is 0 Å². The summed E-state index contributed by atoms with van der Waals surface area (Å²) in [5.74, 6) is -2.31. The molecule has 0 radical (unpaired) electrons. The molecule has 2 saturated heterocycles. The van der Waals surface area contributed by atoms with Crippen LogP contribution in [-0.4, -0.2) is 67.7 Å². The van der Waals surface area contributed by atoms with Crippen LogP contribution in [0.2, 0.25) is 0 Å². The number of aliphatic carboxylic acids is 1. The summed E-state index contributed by atoms with van der Waals surface area (Å²) in [4.78, 5) is 11.3. The Labute approximate surface area is 172 Å². The van der Waals surface area contributed by atoms with Gasteiger partial charge in [0.05, 0.1) is 23.4 Å². The summed E-state index contributed by atoms with van der Waals surface area (Å²) in [6, 6.07) is 1.99. The molecule has 1 spiro atoms. The van der Waals surface area contributed by atoms with Crippen molar-refractivity contribution in [2.75, 3.05) is 26.2 Å². The van der Waals surface area contributed by atoms with Crippen LogP contribution >= 0.6 is 0 Å². The fourth-order valence-corrected chi connectivity index (χ4v) is 5.27. The molecule has 0 aromatic carbocycles. The maximum Gasteiger partial charge on any atom is 0.490 e. The number of carbonyl (C=O) groups is 1. The van der Waals surface area contributed by atoms with E-state index in [-0.39, 0.29) is 10.9 Å². The number of sulfonamides is 1. The Balaban J connectivity index is 0.000000318. The van der Waals surface area contributed by atoms with Crippen LogP contribution in [0, 0.1) is 5.92 Å². The third kappa shape index (κ3) is 5.74. The number of ether oxygens (including phenoxy) is 1. The molecule has 1 aliphatic carbocycles. The van der Waals surface area contributed by atoms with Gasteiger partial charge < -0.3 is 14.3 Å². The van der Waals surface area contributed by atoms with E-state index in [1.807, 2.05) is 6.07 Å². The van der Waals surface area contributed by atoms with Crippen LogP contribution < -0.4 is 4.72 Å². The number of nitrogens with zero attached hydrogens (tertiary/aromatic N) is 1. The molecule has 2 N–H and O–H groups in total. The Morgan fingerprint density at radius 3 is 2.50 bits per heavy atom. The largest absolute Gasteiger partial charge is 0.490 e. The molecule has 12 heteroatoms. The van der Waals surface area contributed by atoms with E-state index in [2.05, 4.69) is 9.62 Å². The molecule has 2 aliphatic heterocycles. The molecule has 1 aromatic rings. The average molecular weight is 454 g/mol. The monoisotopic (exact) mass is 454 g/mol. The maximum atomic E-state index is 11.9. The molecular formula is C18H25F3N2O6S. The lowest BCUT2D eigenvalue weighted by Gasteiger charge is -2.50. The zero-order chi connectivity index (χ0) is 22.0. The molecule has 1 atom stereocenters. The van der Waals surface area contributed by atoms with Gasteiger partial charge in [0.2, 0.25) is 10.0 Å². The number of alkyl halides is 3. The van der Waals surface area contributed by atoms with Crippen molar-refractivity contribution in [2.24, 2.45) is 5.92 Å². The number of halogens is 3. The topological polar surface area (TPSA) is 109 Å². The van der Waals surface area contributed by atoms with Gasteiger partial charge in [-0.25, -0.2) is 17.9 Å². The van der Waals surface area contributed by atoms with Crippen LogP contribution in [0.15, 0.2) is 23.0 Å². The second kappa shape index (κ2) is 8.85. The molecule has 4 rings (SSSR count). The normalized spacial score (nSPS) is 23.6. The van der Waals surface area contributed by atoms with E-state index < -0.39 is 22.2 Å². The number of furan rings is 1. The van der Waals surface area contributed by atoms with Crippen molar-refractivity contribution < 1.29 is 40.6 Å². The first-order valence-electron chi connectivity index (χ1n) is 9.68. The van der Waals surface area contributed by atoms with Crippen LogP contribution in [0.4, 0.5) is 13.2 Å². The van der Waals surface area contributed by atoms with Gasteiger partial charge >= 0.3 is 12.1 Å². The van der Waals surface area contributed by atoms with E-state index in [0.717, 1.165) is 51.9 Å². The van der Waals surface area contributed by atoms with Crippen LogP contribution in [0.3, 0.4) is 0 Å². The lowest BCUT2D eigenvalue weighted by molar-refractivity contribution is -0.192. The van der Waals surface area contributed by atoms with E-state index in [4.69, 9.17) is 19.1 Å². The lowest BCUT2D eigenvalue weighted by Crippen LogP contribution is -2.64.